The van der Waals surface area contributed by atoms with Gasteiger partial charge in [0.15, 0.2) is 5.58 Å². The fourth-order valence-corrected chi connectivity index (χ4v) is 2.77. The van der Waals surface area contributed by atoms with Crippen LogP contribution in [-0.2, 0) is 0 Å². The number of aliphatic hydroxyl groups is 1. The van der Waals surface area contributed by atoms with Crippen LogP contribution < -0.4 is 0 Å². The SMILES string of the molecule is OC(c1cc2cccc(Cl)c2o1)c1coc2ccccc12. The third kappa shape index (κ3) is 1.94. The standard InChI is InChI=1S/C17H11ClO3/c18-13-6-3-4-10-8-15(21-17(10)13)16(19)12-9-20-14-7-2-1-5-11(12)14/h1-9,16,19H. The summed E-state index contributed by atoms with van der Waals surface area (Å²) in [6, 6.07) is 14.9. The molecule has 2 aromatic carbocycles. The quantitative estimate of drug-likeness (QED) is 0.571. The Morgan fingerprint density at radius 3 is 2.76 bits per heavy atom. The fraction of sp³-hybridized carbons (Fsp3) is 0.0588. The molecular formula is C17H11ClO3. The van der Waals surface area contributed by atoms with Gasteiger partial charge in [-0.15, -0.1) is 0 Å². The monoisotopic (exact) mass is 298 g/mol. The molecule has 0 amide bonds. The van der Waals surface area contributed by atoms with Crippen molar-refractivity contribution >= 4 is 33.5 Å². The lowest BCUT2D eigenvalue weighted by Crippen LogP contribution is -1.96. The van der Waals surface area contributed by atoms with Gasteiger partial charge in [0.1, 0.15) is 17.4 Å². The molecule has 1 N–H and O–H groups in total. The summed E-state index contributed by atoms with van der Waals surface area (Å²) in [7, 11) is 0. The van der Waals surface area contributed by atoms with Gasteiger partial charge in [-0.3, -0.25) is 0 Å². The summed E-state index contributed by atoms with van der Waals surface area (Å²) in [5.74, 6) is 0.449. The van der Waals surface area contributed by atoms with Gasteiger partial charge in [0.2, 0.25) is 0 Å². The number of aliphatic hydroxyl groups excluding tert-OH is 1. The van der Waals surface area contributed by atoms with Crippen molar-refractivity contribution in [2.75, 3.05) is 0 Å². The molecule has 0 fully saturated rings. The zero-order valence-corrected chi connectivity index (χ0v) is 11.7. The topological polar surface area (TPSA) is 46.5 Å². The Bertz CT molecular complexity index is 935. The van der Waals surface area contributed by atoms with Crippen LogP contribution in [0.1, 0.15) is 17.4 Å². The maximum atomic E-state index is 10.6. The highest BCUT2D eigenvalue weighted by atomic mass is 35.5. The Morgan fingerprint density at radius 2 is 1.90 bits per heavy atom. The second-order valence-electron chi connectivity index (χ2n) is 4.90. The van der Waals surface area contributed by atoms with Crippen molar-refractivity contribution in [3.05, 3.63) is 71.1 Å². The van der Waals surface area contributed by atoms with Crippen LogP contribution >= 0.6 is 11.6 Å². The lowest BCUT2D eigenvalue weighted by molar-refractivity contribution is 0.192. The molecule has 0 spiro atoms. The number of halogens is 1. The van der Waals surface area contributed by atoms with Gasteiger partial charge in [-0.25, -0.2) is 0 Å². The second kappa shape index (κ2) is 4.65. The minimum Gasteiger partial charge on any atom is -0.464 e. The van der Waals surface area contributed by atoms with E-state index in [9.17, 15) is 5.11 Å². The van der Waals surface area contributed by atoms with Crippen molar-refractivity contribution in [3.8, 4) is 0 Å². The van der Waals surface area contributed by atoms with Gasteiger partial charge in [-0.1, -0.05) is 41.9 Å². The highest BCUT2D eigenvalue weighted by Gasteiger charge is 2.20. The van der Waals surface area contributed by atoms with Crippen LogP contribution in [0.2, 0.25) is 5.02 Å². The zero-order chi connectivity index (χ0) is 14.4. The number of furan rings is 2. The maximum Gasteiger partial charge on any atom is 0.153 e. The van der Waals surface area contributed by atoms with Crippen molar-refractivity contribution < 1.29 is 13.9 Å². The average molecular weight is 299 g/mol. The number of hydrogen-bond acceptors (Lipinski definition) is 3. The highest BCUT2D eigenvalue weighted by Crippen LogP contribution is 2.35. The van der Waals surface area contributed by atoms with Crippen LogP contribution in [0.25, 0.3) is 21.9 Å². The van der Waals surface area contributed by atoms with E-state index in [0.29, 0.717) is 21.9 Å². The summed E-state index contributed by atoms with van der Waals surface area (Å²) in [5.41, 5.74) is 2.00. The Morgan fingerprint density at radius 1 is 1.05 bits per heavy atom. The highest BCUT2D eigenvalue weighted by molar-refractivity contribution is 6.34. The lowest BCUT2D eigenvalue weighted by Gasteiger charge is -2.05. The van der Waals surface area contributed by atoms with E-state index in [0.717, 1.165) is 16.4 Å². The molecule has 21 heavy (non-hydrogen) atoms. The summed E-state index contributed by atoms with van der Waals surface area (Å²) < 4.78 is 11.2. The molecule has 0 aliphatic heterocycles. The predicted octanol–water partition coefficient (Wildman–Crippen LogP) is 4.91. The van der Waals surface area contributed by atoms with Crippen molar-refractivity contribution in [2.45, 2.75) is 6.10 Å². The van der Waals surface area contributed by atoms with Gasteiger partial charge >= 0.3 is 0 Å². The van der Waals surface area contributed by atoms with E-state index in [2.05, 4.69) is 0 Å². The second-order valence-corrected chi connectivity index (χ2v) is 5.30. The van der Waals surface area contributed by atoms with Crippen molar-refractivity contribution in [1.29, 1.82) is 0 Å². The number of fused-ring (bicyclic) bond motifs is 2. The molecule has 0 bridgehead atoms. The molecule has 2 aromatic heterocycles. The molecule has 0 aliphatic rings. The van der Waals surface area contributed by atoms with Gasteiger partial charge in [-0.2, -0.15) is 0 Å². The molecular weight excluding hydrogens is 288 g/mol. The first-order valence-electron chi connectivity index (χ1n) is 6.56. The molecule has 0 saturated heterocycles. The first-order chi connectivity index (χ1) is 10.2. The molecule has 0 saturated carbocycles. The summed E-state index contributed by atoms with van der Waals surface area (Å²) in [4.78, 5) is 0. The predicted molar refractivity (Wildman–Crippen MR) is 81.5 cm³/mol. The summed E-state index contributed by atoms with van der Waals surface area (Å²) in [6.45, 7) is 0. The molecule has 0 radical (unpaired) electrons. The van der Waals surface area contributed by atoms with E-state index in [4.69, 9.17) is 20.4 Å². The van der Waals surface area contributed by atoms with Gasteiger partial charge in [0.05, 0.1) is 11.3 Å². The number of hydrogen-bond donors (Lipinski definition) is 1. The van der Waals surface area contributed by atoms with Crippen LogP contribution in [0, 0.1) is 0 Å². The Hall–Kier alpha value is -2.23. The van der Waals surface area contributed by atoms with Crippen molar-refractivity contribution in [1.82, 2.24) is 0 Å². The van der Waals surface area contributed by atoms with Crippen LogP contribution in [0.5, 0.6) is 0 Å². The van der Waals surface area contributed by atoms with Crippen LogP contribution in [0.4, 0.5) is 0 Å². The van der Waals surface area contributed by atoms with Crippen molar-refractivity contribution in [3.63, 3.8) is 0 Å². The van der Waals surface area contributed by atoms with Crippen LogP contribution in [-0.4, -0.2) is 5.11 Å². The number of benzene rings is 2. The molecule has 1 atom stereocenters. The largest absolute Gasteiger partial charge is 0.464 e. The number of para-hydroxylation sites is 2. The molecule has 2 heterocycles. The smallest absolute Gasteiger partial charge is 0.153 e. The molecule has 1 unspecified atom stereocenters. The number of rotatable bonds is 2. The molecule has 3 nitrogen and oxygen atoms in total. The van der Waals surface area contributed by atoms with E-state index in [1.54, 1.807) is 18.4 Å². The van der Waals surface area contributed by atoms with E-state index < -0.39 is 6.10 Å². The van der Waals surface area contributed by atoms with E-state index in [-0.39, 0.29) is 0 Å². The van der Waals surface area contributed by atoms with Gasteiger partial charge in [-0.05, 0) is 18.2 Å². The Labute approximate surface area is 125 Å². The zero-order valence-electron chi connectivity index (χ0n) is 10.9. The average Bonchev–Trinajstić information content (AvgIpc) is 3.11. The van der Waals surface area contributed by atoms with Crippen molar-refractivity contribution in [2.24, 2.45) is 0 Å². The third-order valence-electron chi connectivity index (χ3n) is 3.59. The summed E-state index contributed by atoms with van der Waals surface area (Å²) >= 11 is 6.10. The lowest BCUT2D eigenvalue weighted by atomic mass is 10.1. The molecule has 4 heteroatoms. The van der Waals surface area contributed by atoms with Gasteiger partial charge < -0.3 is 13.9 Å². The van der Waals surface area contributed by atoms with Crippen LogP contribution in [0.3, 0.4) is 0 Å². The normalized spacial score (nSPS) is 13.0. The molecule has 4 rings (SSSR count). The first kappa shape index (κ1) is 12.5. The van der Waals surface area contributed by atoms with Crippen LogP contribution in [0.15, 0.2) is 63.6 Å². The van der Waals surface area contributed by atoms with Gasteiger partial charge in [0, 0.05) is 16.3 Å². The fourth-order valence-electron chi connectivity index (χ4n) is 2.55. The Kier molecular flexibility index (Phi) is 2.77. The summed E-state index contributed by atoms with van der Waals surface area (Å²) in [6.07, 6.45) is 0.668. The minimum atomic E-state index is -0.892. The van der Waals surface area contributed by atoms with E-state index in [1.807, 2.05) is 36.4 Å². The van der Waals surface area contributed by atoms with E-state index in [1.165, 1.54) is 0 Å². The first-order valence-corrected chi connectivity index (χ1v) is 6.94. The molecule has 104 valence electrons. The minimum absolute atomic E-state index is 0.449. The molecule has 0 aliphatic carbocycles. The van der Waals surface area contributed by atoms with Gasteiger partial charge in [0.25, 0.3) is 0 Å². The maximum absolute atomic E-state index is 10.6. The Balaban J connectivity index is 1.86. The third-order valence-corrected chi connectivity index (χ3v) is 3.89. The molecule has 4 aromatic rings. The van der Waals surface area contributed by atoms with E-state index >= 15 is 0 Å². The summed E-state index contributed by atoms with van der Waals surface area (Å²) in [5, 5.41) is 12.8.